The number of aliphatic hydroxyl groups is 1. The van der Waals surface area contributed by atoms with Crippen molar-refractivity contribution in [3.8, 4) is 0 Å². The number of nitrogens with zero attached hydrogens (tertiary/aromatic N) is 4. The number of aliphatic hydroxyl groups excluding tert-OH is 1. The van der Waals surface area contributed by atoms with Crippen molar-refractivity contribution < 1.29 is 9.90 Å². The Kier molecular flexibility index (Phi) is 12.6. The molecule has 2 N–H and O–H groups in total. The lowest BCUT2D eigenvalue weighted by molar-refractivity contribution is 0.0920. The lowest BCUT2D eigenvalue weighted by Gasteiger charge is -2.21. The largest absolute Gasteiger partial charge is 0.394 e. The first kappa shape index (κ1) is 36.8. The van der Waals surface area contributed by atoms with Crippen molar-refractivity contribution in [2.45, 2.75) is 94.0 Å². The van der Waals surface area contributed by atoms with Gasteiger partial charge in [-0.2, -0.15) is 5.10 Å². The number of aryl methyl sites for hydroxylation is 2. The number of amides is 1. The predicted octanol–water partition coefficient (Wildman–Crippen LogP) is 8.87. The highest BCUT2D eigenvalue weighted by atomic mass is 32.1. The average Bonchev–Trinajstić information content (AvgIpc) is 3.69. The summed E-state index contributed by atoms with van der Waals surface area (Å²) in [4.78, 5) is 23.1. The monoisotopic (exact) mass is 643 g/mol. The Bertz CT molecular complexity index is 1640. The van der Waals surface area contributed by atoms with Crippen LogP contribution in [0.5, 0.6) is 0 Å². The van der Waals surface area contributed by atoms with Gasteiger partial charge < -0.3 is 10.4 Å². The summed E-state index contributed by atoms with van der Waals surface area (Å²) >= 11 is 1.39. The molecule has 0 saturated carbocycles. The van der Waals surface area contributed by atoms with Crippen LogP contribution < -0.4 is 5.32 Å². The van der Waals surface area contributed by atoms with Gasteiger partial charge in [-0.25, -0.2) is 4.98 Å². The standard InChI is InChI=1S/C38H53N5O2S/c1-13-24(4)18-39-33(17-32(26(6)23(2)3)30-19-41-43(12)21-30)28(8)27(7)29-14-15-31(25(5)16-29)34(22-44)42-36(45)35-20-40-37(46-35)38(9,10)11/h14-21,23,26,34,44H,13,22H2,1-12H3,(H,42,45)/b24-18+,28-27+,32-17+,39-33-. The Balaban J connectivity index is 2.02. The topological polar surface area (TPSA) is 92.4 Å². The maximum atomic E-state index is 13.1. The molecule has 2 unspecified atom stereocenters. The van der Waals surface area contributed by atoms with Gasteiger partial charge in [-0.15, -0.1) is 11.3 Å². The summed E-state index contributed by atoms with van der Waals surface area (Å²) in [5, 5.41) is 18.7. The molecule has 0 fully saturated rings. The van der Waals surface area contributed by atoms with E-state index >= 15 is 0 Å². The summed E-state index contributed by atoms with van der Waals surface area (Å²) in [6.07, 6.45) is 10.7. The first-order valence-corrected chi connectivity index (χ1v) is 17.0. The second kappa shape index (κ2) is 15.8. The number of hydrogen-bond donors (Lipinski definition) is 2. The van der Waals surface area contributed by atoms with E-state index in [-0.39, 0.29) is 17.9 Å². The van der Waals surface area contributed by atoms with Gasteiger partial charge in [0, 0.05) is 30.4 Å². The van der Waals surface area contributed by atoms with Gasteiger partial charge in [0.15, 0.2) is 0 Å². The zero-order valence-corrected chi connectivity index (χ0v) is 30.6. The minimum Gasteiger partial charge on any atom is -0.394 e. The van der Waals surface area contributed by atoms with Crippen molar-refractivity contribution in [1.82, 2.24) is 20.1 Å². The van der Waals surface area contributed by atoms with E-state index in [0.29, 0.717) is 16.7 Å². The number of aromatic nitrogens is 3. The molecule has 0 aliphatic rings. The van der Waals surface area contributed by atoms with E-state index in [1.807, 2.05) is 37.1 Å². The lowest BCUT2D eigenvalue weighted by atomic mass is 9.85. The second-order valence-electron chi connectivity index (χ2n) is 13.7. The summed E-state index contributed by atoms with van der Waals surface area (Å²) in [6, 6.07) is 5.66. The predicted molar refractivity (Wildman–Crippen MR) is 194 cm³/mol. The molecule has 3 rings (SSSR count). The lowest BCUT2D eigenvalue weighted by Crippen LogP contribution is -2.30. The van der Waals surface area contributed by atoms with E-state index in [9.17, 15) is 9.90 Å². The van der Waals surface area contributed by atoms with Crippen molar-refractivity contribution in [2.24, 2.45) is 23.9 Å². The van der Waals surface area contributed by atoms with Crippen molar-refractivity contribution in [3.05, 3.63) is 92.4 Å². The molecule has 0 aliphatic heterocycles. The third kappa shape index (κ3) is 9.23. The minimum atomic E-state index is -0.533. The van der Waals surface area contributed by atoms with E-state index < -0.39 is 6.04 Å². The number of thiazole rings is 1. The van der Waals surface area contributed by atoms with E-state index in [4.69, 9.17) is 4.99 Å². The normalized spacial score (nSPS) is 15.2. The summed E-state index contributed by atoms with van der Waals surface area (Å²) in [5.41, 5.74) is 9.43. The molecular formula is C38H53N5O2S. The highest BCUT2D eigenvalue weighted by Crippen LogP contribution is 2.32. The molecule has 1 amide bonds. The van der Waals surface area contributed by atoms with Gasteiger partial charge in [-0.3, -0.25) is 14.5 Å². The summed E-state index contributed by atoms with van der Waals surface area (Å²) in [5.74, 6) is 0.513. The Morgan fingerprint density at radius 2 is 1.83 bits per heavy atom. The van der Waals surface area contributed by atoms with Crippen molar-refractivity contribution in [2.75, 3.05) is 6.61 Å². The molecule has 0 bridgehead atoms. The van der Waals surface area contributed by atoms with Crippen LogP contribution in [0.3, 0.4) is 0 Å². The third-order valence-corrected chi connectivity index (χ3v) is 10.1. The smallest absolute Gasteiger partial charge is 0.263 e. The number of rotatable bonds is 12. The summed E-state index contributed by atoms with van der Waals surface area (Å²) < 4.78 is 1.84. The van der Waals surface area contributed by atoms with Crippen LogP contribution in [0, 0.1) is 18.8 Å². The van der Waals surface area contributed by atoms with Crippen LogP contribution in [0.25, 0.3) is 11.1 Å². The van der Waals surface area contributed by atoms with Crippen LogP contribution in [-0.4, -0.2) is 38.1 Å². The fraction of sp³-hybridized carbons (Fsp3) is 0.474. The molecule has 8 heteroatoms. The van der Waals surface area contributed by atoms with E-state index in [1.165, 1.54) is 22.5 Å². The molecule has 248 valence electrons. The van der Waals surface area contributed by atoms with Crippen LogP contribution >= 0.6 is 11.3 Å². The fourth-order valence-corrected chi connectivity index (χ4v) is 5.83. The Morgan fingerprint density at radius 3 is 2.35 bits per heavy atom. The molecule has 2 aromatic heterocycles. The van der Waals surface area contributed by atoms with Gasteiger partial charge in [0.2, 0.25) is 0 Å². The van der Waals surface area contributed by atoms with E-state index in [0.717, 1.165) is 50.5 Å². The molecular weight excluding hydrogens is 591 g/mol. The fourth-order valence-electron chi connectivity index (χ4n) is 4.95. The zero-order chi connectivity index (χ0) is 34.3. The van der Waals surface area contributed by atoms with Crippen molar-refractivity contribution in [3.63, 3.8) is 0 Å². The summed E-state index contributed by atoms with van der Waals surface area (Å²) in [7, 11) is 1.94. The molecule has 2 heterocycles. The quantitative estimate of drug-likeness (QED) is 0.193. The SMILES string of the molecule is CC/C(C)=C/N=C(/C=C(/c1cnn(C)c1)C(C)C(C)C)C(/C)=C(\C)c1ccc(C(CO)NC(=O)c2cnc(C(C)(C)C)s2)c(C)c1. The number of nitrogens with one attached hydrogen (secondary N) is 1. The molecule has 0 spiro atoms. The van der Waals surface area contributed by atoms with Crippen LogP contribution in [0.4, 0.5) is 0 Å². The van der Waals surface area contributed by atoms with Crippen LogP contribution in [0.2, 0.25) is 0 Å². The van der Waals surface area contributed by atoms with Gasteiger partial charge in [0.1, 0.15) is 4.88 Å². The van der Waals surface area contributed by atoms with Crippen LogP contribution in [-0.2, 0) is 12.5 Å². The number of carbonyl (C=O) groups is 1. The van der Waals surface area contributed by atoms with Crippen LogP contribution in [0.1, 0.15) is 119 Å². The van der Waals surface area contributed by atoms with Gasteiger partial charge >= 0.3 is 0 Å². The molecule has 46 heavy (non-hydrogen) atoms. The van der Waals surface area contributed by atoms with Crippen molar-refractivity contribution >= 4 is 34.1 Å². The molecule has 7 nitrogen and oxygen atoms in total. The first-order valence-electron chi connectivity index (χ1n) is 16.2. The number of carbonyl (C=O) groups excluding carboxylic acids is 1. The van der Waals surface area contributed by atoms with Gasteiger partial charge in [-0.05, 0) is 85.4 Å². The summed E-state index contributed by atoms with van der Waals surface area (Å²) in [6.45, 7) is 23.3. The Morgan fingerprint density at radius 1 is 1.13 bits per heavy atom. The third-order valence-electron chi connectivity index (χ3n) is 8.69. The van der Waals surface area contributed by atoms with Gasteiger partial charge in [-0.1, -0.05) is 72.2 Å². The number of allylic oxidation sites excluding steroid dienone is 5. The van der Waals surface area contributed by atoms with Gasteiger partial charge in [0.25, 0.3) is 5.91 Å². The average molecular weight is 644 g/mol. The highest BCUT2D eigenvalue weighted by molar-refractivity contribution is 7.13. The molecule has 0 aliphatic carbocycles. The number of hydrogen-bond acceptors (Lipinski definition) is 6. The molecule has 3 aromatic rings. The molecule has 0 saturated heterocycles. The minimum absolute atomic E-state index is 0.131. The maximum absolute atomic E-state index is 13.1. The first-order chi connectivity index (χ1) is 21.6. The number of benzene rings is 1. The molecule has 0 radical (unpaired) electrons. The molecule has 1 aromatic carbocycles. The zero-order valence-electron chi connectivity index (χ0n) is 29.8. The van der Waals surface area contributed by atoms with E-state index in [2.05, 4.69) is 109 Å². The van der Waals surface area contributed by atoms with Crippen LogP contribution in [0.15, 0.2) is 65.2 Å². The second-order valence-corrected chi connectivity index (χ2v) is 14.7. The maximum Gasteiger partial charge on any atom is 0.263 e. The molecule has 2 atom stereocenters. The Labute approximate surface area is 280 Å². The Hall–Kier alpha value is -3.62. The van der Waals surface area contributed by atoms with Crippen molar-refractivity contribution in [1.29, 1.82) is 0 Å². The number of aliphatic imine (C=N–C) groups is 1. The van der Waals surface area contributed by atoms with Gasteiger partial charge in [0.05, 0.1) is 35.8 Å². The highest BCUT2D eigenvalue weighted by Gasteiger charge is 2.23. The van der Waals surface area contributed by atoms with E-state index in [1.54, 1.807) is 6.20 Å².